The van der Waals surface area contributed by atoms with Crippen LogP contribution >= 0.6 is 22.9 Å². The van der Waals surface area contributed by atoms with Gasteiger partial charge in [0.25, 0.3) is 5.78 Å². The Balaban J connectivity index is 1.73. The zero-order valence-electron chi connectivity index (χ0n) is 17.3. The van der Waals surface area contributed by atoms with Gasteiger partial charge in [-0.15, -0.1) is 0 Å². The Hall–Kier alpha value is -3.55. The molecule has 8 heteroatoms. The number of hydrogen-bond acceptors (Lipinski definition) is 5. The lowest BCUT2D eigenvalue weighted by Gasteiger charge is -2.23. The third-order valence-corrected chi connectivity index (χ3v) is 6.75. The van der Waals surface area contributed by atoms with E-state index in [2.05, 4.69) is 4.98 Å². The van der Waals surface area contributed by atoms with Gasteiger partial charge in [-0.2, -0.15) is 0 Å². The molecule has 1 aliphatic rings. The molecule has 1 atom stereocenters. The summed E-state index contributed by atoms with van der Waals surface area (Å²) < 4.78 is 14.2. The molecule has 1 aliphatic heterocycles. The molecule has 0 aliphatic carbocycles. The Morgan fingerprint density at radius 2 is 1.76 bits per heavy atom. The molecule has 2 heterocycles. The highest BCUT2D eigenvalue weighted by Crippen LogP contribution is 2.44. The average molecular weight is 479 g/mol. The Labute approximate surface area is 197 Å². The van der Waals surface area contributed by atoms with Gasteiger partial charge < -0.3 is 5.11 Å². The fourth-order valence-electron chi connectivity index (χ4n) is 3.85. The lowest BCUT2D eigenvalue weighted by molar-refractivity contribution is -0.132. The molecule has 0 bridgehead atoms. The molecule has 33 heavy (non-hydrogen) atoms. The average Bonchev–Trinajstić information content (AvgIpc) is 3.32. The molecule has 1 saturated heterocycles. The first-order chi connectivity index (χ1) is 15.8. The minimum atomic E-state index is -0.897. The maximum atomic E-state index is 13.4. The van der Waals surface area contributed by atoms with Crippen LogP contribution < -0.4 is 4.90 Å². The van der Waals surface area contributed by atoms with E-state index in [4.69, 9.17) is 11.6 Å². The van der Waals surface area contributed by atoms with Crippen LogP contribution in [0.3, 0.4) is 0 Å². The van der Waals surface area contributed by atoms with Gasteiger partial charge in [0.1, 0.15) is 11.6 Å². The molecule has 3 aromatic carbocycles. The van der Waals surface area contributed by atoms with Gasteiger partial charge in [-0.1, -0.05) is 52.8 Å². The summed E-state index contributed by atoms with van der Waals surface area (Å²) in [6, 6.07) is 16.7. The first kappa shape index (κ1) is 21.3. The van der Waals surface area contributed by atoms with E-state index in [0.717, 1.165) is 10.3 Å². The molecular formula is C25H16ClFN2O3S. The van der Waals surface area contributed by atoms with Crippen LogP contribution in [0.2, 0.25) is 5.02 Å². The number of amides is 1. The van der Waals surface area contributed by atoms with Crippen molar-refractivity contribution in [2.45, 2.75) is 13.0 Å². The lowest BCUT2D eigenvalue weighted by atomic mass is 9.95. The summed E-state index contributed by atoms with van der Waals surface area (Å²) in [5.41, 5.74) is 2.45. The first-order valence-corrected chi connectivity index (χ1v) is 11.2. The third kappa shape index (κ3) is 3.69. The fourth-order valence-corrected chi connectivity index (χ4v) is 5.11. The first-order valence-electron chi connectivity index (χ1n) is 10.0. The Morgan fingerprint density at radius 1 is 1.06 bits per heavy atom. The minimum Gasteiger partial charge on any atom is -0.507 e. The van der Waals surface area contributed by atoms with Crippen molar-refractivity contribution in [3.05, 3.63) is 99.8 Å². The van der Waals surface area contributed by atoms with E-state index in [1.54, 1.807) is 30.3 Å². The van der Waals surface area contributed by atoms with Crippen LogP contribution in [0, 0.1) is 12.7 Å². The highest BCUT2D eigenvalue weighted by atomic mass is 35.5. The second-order valence-corrected chi connectivity index (χ2v) is 9.14. The van der Waals surface area contributed by atoms with E-state index in [-0.39, 0.29) is 16.9 Å². The number of benzene rings is 3. The number of halogens is 2. The Kier molecular flexibility index (Phi) is 5.23. The number of ketones is 1. The topological polar surface area (TPSA) is 70.5 Å². The van der Waals surface area contributed by atoms with Gasteiger partial charge in [0.2, 0.25) is 0 Å². The predicted molar refractivity (Wildman–Crippen MR) is 127 cm³/mol. The summed E-state index contributed by atoms with van der Waals surface area (Å²) in [5, 5.41) is 11.9. The van der Waals surface area contributed by atoms with Crippen LogP contribution in [0.4, 0.5) is 9.52 Å². The summed E-state index contributed by atoms with van der Waals surface area (Å²) >= 11 is 7.33. The molecule has 1 fully saturated rings. The monoisotopic (exact) mass is 478 g/mol. The second-order valence-electron chi connectivity index (χ2n) is 7.70. The van der Waals surface area contributed by atoms with Crippen LogP contribution in [0.25, 0.3) is 16.0 Å². The fraction of sp³-hybridized carbons (Fsp3) is 0.0800. The van der Waals surface area contributed by atoms with Gasteiger partial charge in [-0.05, 0) is 55.0 Å². The van der Waals surface area contributed by atoms with E-state index < -0.39 is 23.5 Å². The van der Waals surface area contributed by atoms with Crippen LogP contribution in [-0.2, 0) is 9.59 Å². The number of Topliss-reactive ketones (excluding diaryl/α,β-unsaturated/α-hetero) is 1. The van der Waals surface area contributed by atoms with Gasteiger partial charge in [0.15, 0.2) is 5.13 Å². The van der Waals surface area contributed by atoms with Crippen LogP contribution in [0.1, 0.15) is 22.7 Å². The number of aromatic nitrogens is 1. The SMILES string of the molecule is Cc1ccc(C2/C(=C(\O)c3ccc(F)cc3)C(=O)C(=O)N2c2nc3ccc(Cl)cc3s2)cc1. The number of thiazole rings is 1. The van der Waals surface area contributed by atoms with Gasteiger partial charge in [0, 0.05) is 10.6 Å². The number of rotatable bonds is 3. The number of carbonyl (C=O) groups is 2. The van der Waals surface area contributed by atoms with Crippen molar-refractivity contribution in [2.75, 3.05) is 4.90 Å². The highest BCUT2D eigenvalue weighted by molar-refractivity contribution is 7.22. The predicted octanol–water partition coefficient (Wildman–Crippen LogP) is 6.02. The summed E-state index contributed by atoms with van der Waals surface area (Å²) in [4.78, 5) is 32.2. The molecule has 0 saturated carbocycles. The standard InChI is InChI=1S/C25H16ClFN2O3S/c1-13-2-4-14(5-3-13)21-20(22(30)15-6-9-17(27)10-7-15)23(31)24(32)29(21)25-28-18-11-8-16(26)12-19(18)33-25/h2-12,21,30H,1H3/b22-20+. The number of aryl methyl sites for hydroxylation is 1. The minimum absolute atomic E-state index is 0.0762. The molecule has 0 spiro atoms. The summed E-state index contributed by atoms with van der Waals surface area (Å²) in [7, 11) is 0. The Morgan fingerprint density at radius 3 is 2.45 bits per heavy atom. The quantitative estimate of drug-likeness (QED) is 0.222. The van der Waals surface area contributed by atoms with Gasteiger partial charge in [0.05, 0.1) is 21.8 Å². The molecule has 5 rings (SSSR count). The maximum absolute atomic E-state index is 13.4. The van der Waals surface area contributed by atoms with Crippen molar-refractivity contribution in [3.8, 4) is 0 Å². The number of anilines is 1. The normalized spacial score (nSPS) is 17.8. The molecule has 164 valence electrons. The van der Waals surface area contributed by atoms with E-state index in [1.165, 1.54) is 40.5 Å². The largest absolute Gasteiger partial charge is 0.507 e. The van der Waals surface area contributed by atoms with Crippen molar-refractivity contribution in [2.24, 2.45) is 0 Å². The lowest BCUT2D eigenvalue weighted by Crippen LogP contribution is -2.29. The van der Waals surface area contributed by atoms with E-state index >= 15 is 0 Å². The van der Waals surface area contributed by atoms with Crippen molar-refractivity contribution in [1.82, 2.24) is 4.98 Å². The number of nitrogens with zero attached hydrogens (tertiary/aromatic N) is 2. The summed E-state index contributed by atoms with van der Waals surface area (Å²) in [6.45, 7) is 1.93. The van der Waals surface area contributed by atoms with E-state index in [9.17, 15) is 19.1 Å². The molecule has 4 aromatic rings. The van der Waals surface area contributed by atoms with Crippen molar-refractivity contribution < 1.29 is 19.1 Å². The maximum Gasteiger partial charge on any atom is 0.301 e. The van der Waals surface area contributed by atoms with Gasteiger partial charge >= 0.3 is 5.91 Å². The van der Waals surface area contributed by atoms with Crippen LogP contribution in [-0.4, -0.2) is 21.8 Å². The molecular weight excluding hydrogens is 463 g/mol. The number of aliphatic hydroxyl groups is 1. The molecule has 0 radical (unpaired) electrons. The number of aliphatic hydroxyl groups excluding tert-OH is 1. The van der Waals surface area contributed by atoms with Gasteiger partial charge in [-0.25, -0.2) is 9.37 Å². The van der Waals surface area contributed by atoms with Crippen LogP contribution in [0.5, 0.6) is 0 Å². The van der Waals surface area contributed by atoms with E-state index in [1.807, 2.05) is 19.1 Å². The summed E-state index contributed by atoms with van der Waals surface area (Å²) in [5.74, 6) is -2.48. The summed E-state index contributed by atoms with van der Waals surface area (Å²) in [6.07, 6.45) is 0. The molecule has 5 nitrogen and oxygen atoms in total. The second kappa shape index (κ2) is 8.10. The van der Waals surface area contributed by atoms with Gasteiger partial charge in [-0.3, -0.25) is 14.5 Å². The smallest absolute Gasteiger partial charge is 0.301 e. The molecule has 1 N–H and O–H groups in total. The van der Waals surface area contributed by atoms with Crippen molar-refractivity contribution >= 4 is 55.7 Å². The van der Waals surface area contributed by atoms with E-state index in [0.29, 0.717) is 21.2 Å². The zero-order valence-corrected chi connectivity index (χ0v) is 18.8. The Bertz CT molecular complexity index is 1450. The van der Waals surface area contributed by atoms with Crippen molar-refractivity contribution in [3.63, 3.8) is 0 Å². The zero-order chi connectivity index (χ0) is 23.3. The highest BCUT2D eigenvalue weighted by Gasteiger charge is 2.48. The molecule has 1 unspecified atom stereocenters. The van der Waals surface area contributed by atoms with Crippen molar-refractivity contribution in [1.29, 1.82) is 0 Å². The third-order valence-electron chi connectivity index (χ3n) is 5.50. The van der Waals surface area contributed by atoms with Crippen LogP contribution in [0.15, 0.2) is 72.3 Å². The number of carbonyl (C=O) groups excluding carboxylic acids is 2. The number of hydrogen-bond donors (Lipinski definition) is 1. The molecule has 1 aromatic heterocycles. The number of fused-ring (bicyclic) bond motifs is 1. The molecule has 1 amide bonds.